The first kappa shape index (κ1) is 9.27. The number of rotatable bonds is 0. The van der Waals surface area contributed by atoms with Crippen molar-refractivity contribution in [2.75, 3.05) is 20.2 Å². The van der Waals surface area contributed by atoms with Gasteiger partial charge in [-0.3, -0.25) is 0 Å². The molecule has 0 N–H and O–H groups in total. The third kappa shape index (κ3) is 2.25. The third-order valence-corrected chi connectivity index (χ3v) is 1.29. The van der Waals surface area contributed by atoms with Crippen LogP contribution in [-0.4, -0.2) is 31.2 Å². The van der Waals surface area contributed by atoms with Crippen LogP contribution in [0.4, 0.5) is 4.79 Å². The molecule has 1 fully saturated rings. The van der Waals surface area contributed by atoms with Crippen molar-refractivity contribution in [3.63, 3.8) is 0 Å². The van der Waals surface area contributed by atoms with Gasteiger partial charge in [0.1, 0.15) is 0 Å². The second-order valence-electron chi connectivity index (χ2n) is 1.81. The quantitative estimate of drug-likeness (QED) is 0.516. The first-order valence-corrected chi connectivity index (χ1v) is 3.67. The van der Waals surface area contributed by atoms with E-state index in [9.17, 15) is 4.79 Å². The summed E-state index contributed by atoms with van der Waals surface area (Å²) in [5, 5.41) is 0. The van der Waals surface area contributed by atoms with Gasteiger partial charge in [0.15, 0.2) is 0 Å². The summed E-state index contributed by atoms with van der Waals surface area (Å²) in [5.41, 5.74) is 0. The fourth-order valence-electron chi connectivity index (χ4n) is 0.628. The molecule has 3 heteroatoms. The molecule has 0 spiro atoms. The molecule has 10 heavy (non-hydrogen) atoms. The average Bonchev–Trinajstić information content (AvgIpc) is 1.89. The van der Waals surface area contributed by atoms with E-state index in [-0.39, 0.29) is 6.09 Å². The molecule has 0 aromatic rings. The molecule has 0 aromatic heterocycles. The Kier molecular flexibility index (Phi) is 4.72. The molecule has 1 amide bonds. The molecule has 1 saturated heterocycles. The summed E-state index contributed by atoms with van der Waals surface area (Å²) in [6.45, 7) is 5.74. The van der Waals surface area contributed by atoms with Gasteiger partial charge in [0, 0.05) is 13.1 Å². The number of amides is 1. The average molecular weight is 145 g/mol. The second kappa shape index (κ2) is 5.09. The van der Waals surface area contributed by atoms with Crippen molar-refractivity contribution < 1.29 is 9.53 Å². The van der Waals surface area contributed by atoms with Crippen molar-refractivity contribution in [2.45, 2.75) is 20.3 Å². The fraction of sp³-hybridized carbons (Fsp3) is 0.857. The highest BCUT2D eigenvalue weighted by atomic mass is 16.5. The van der Waals surface area contributed by atoms with E-state index < -0.39 is 0 Å². The lowest BCUT2D eigenvalue weighted by Crippen LogP contribution is -2.41. The topological polar surface area (TPSA) is 29.5 Å². The zero-order valence-corrected chi connectivity index (χ0v) is 6.89. The molecule has 0 bridgehead atoms. The number of hydrogen-bond acceptors (Lipinski definition) is 2. The van der Waals surface area contributed by atoms with Crippen LogP contribution in [0.5, 0.6) is 0 Å². The summed E-state index contributed by atoms with van der Waals surface area (Å²) >= 11 is 0. The highest BCUT2D eigenvalue weighted by Crippen LogP contribution is 2.05. The highest BCUT2D eigenvalue weighted by Gasteiger charge is 2.19. The smallest absolute Gasteiger partial charge is 0.409 e. The van der Waals surface area contributed by atoms with E-state index in [1.54, 1.807) is 4.90 Å². The predicted molar refractivity (Wildman–Crippen MR) is 39.9 cm³/mol. The number of likely N-dealkylation sites (tertiary alicyclic amines) is 1. The molecule has 0 saturated carbocycles. The molecule has 0 radical (unpaired) electrons. The minimum atomic E-state index is -0.198. The Hall–Kier alpha value is -0.730. The summed E-state index contributed by atoms with van der Waals surface area (Å²) < 4.78 is 4.44. The molecule has 1 heterocycles. The molecule has 0 atom stereocenters. The van der Waals surface area contributed by atoms with Crippen molar-refractivity contribution in [3.05, 3.63) is 0 Å². The first-order valence-electron chi connectivity index (χ1n) is 3.67. The largest absolute Gasteiger partial charge is 0.453 e. The third-order valence-electron chi connectivity index (χ3n) is 1.29. The van der Waals surface area contributed by atoms with Crippen LogP contribution in [0.15, 0.2) is 0 Å². The number of nitrogens with zero attached hydrogens (tertiary/aromatic N) is 1. The lowest BCUT2D eigenvalue weighted by Gasteiger charge is -2.28. The second-order valence-corrected chi connectivity index (χ2v) is 1.81. The SMILES string of the molecule is CC.COC(=O)N1CCC1. The Balaban J connectivity index is 0.000000371. The van der Waals surface area contributed by atoms with Gasteiger partial charge in [-0.05, 0) is 6.42 Å². The van der Waals surface area contributed by atoms with Crippen LogP contribution < -0.4 is 0 Å². The van der Waals surface area contributed by atoms with Gasteiger partial charge >= 0.3 is 6.09 Å². The van der Waals surface area contributed by atoms with Crippen molar-refractivity contribution >= 4 is 6.09 Å². The van der Waals surface area contributed by atoms with Gasteiger partial charge in [0.25, 0.3) is 0 Å². The number of carbonyl (C=O) groups excluding carboxylic acids is 1. The maximum absolute atomic E-state index is 10.5. The number of hydrogen-bond donors (Lipinski definition) is 0. The Morgan fingerprint density at radius 3 is 2.00 bits per heavy atom. The normalized spacial score (nSPS) is 14.5. The molecule has 60 valence electrons. The predicted octanol–water partition coefficient (Wildman–Crippen LogP) is 1.48. The van der Waals surface area contributed by atoms with Crippen LogP contribution in [-0.2, 0) is 4.74 Å². The molecule has 0 aliphatic carbocycles. The maximum Gasteiger partial charge on any atom is 0.409 e. The monoisotopic (exact) mass is 145 g/mol. The van der Waals surface area contributed by atoms with Gasteiger partial charge in [-0.25, -0.2) is 4.79 Å². The van der Waals surface area contributed by atoms with Gasteiger partial charge in [-0.15, -0.1) is 0 Å². The van der Waals surface area contributed by atoms with Crippen LogP contribution in [0.3, 0.4) is 0 Å². The fourth-order valence-corrected chi connectivity index (χ4v) is 0.628. The molecular formula is C7H15NO2. The number of carbonyl (C=O) groups is 1. The molecule has 3 nitrogen and oxygen atoms in total. The van der Waals surface area contributed by atoms with Gasteiger partial charge in [0.05, 0.1) is 7.11 Å². The highest BCUT2D eigenvalue weighted by molar-refractivity contribution is 5.68. The maximum atomic E-state index is 10.5. The molecule has 1 aliphatic rings. The van der Waals surface area contributed by atoms with E-state index in [1.807, 2.05) is 13.8 Å². The summed E-state index contributed by atoms with van der Waals surface area (Å²) in [4.78, 5) is 12.2. The van der Waals surface area contributed by atoms with E-state index in [1.165, 1.54) is 7.11 Å². The Bertz CT molecular complexity index is 99.8. The van der Waals surface area contributed by atoms with Crippen molar-refractivity contribution in [1.29, 1.82) is 0 Å². The van der Waals surface area contributed by atoms with E-state index in [2.05, 4.69) is 4.74 Å². The zero-order chi connectivity index (χ0) is 7.98. The zero-order valence-electron chi connectivity index (χ0n) is 6.89. The summed E-state index contributed by atoms with van der Waals surface area (Å²) in [7, 11) is 1.40. The minimum Gasteiger partial charge on any atom is -0.453 e. The number of ether oxygens (including phenoxy) is 1. The Morgan fingerprint density at radius 1 is 1.40 bits per heavy atom. The standard InChI is InChI=1S/C5H9NO2.C2H6/c1-8-5(7)6-3-2-4-6;1-2/h2-4H2,1H3;1-2H3. The lowest BCUT2D eigenvalue weighted by atomic mass is 10.2. The van der Waals surface area contributed by atoms with Crippen LogP contribution in [0.25, 0.3) is 0 Å². The number of methoxy groups -OCH3 is 1. The van der Waals surface area contributed by atoms with E-state index >= 15 is 0 Å². The van der Waals surface area contributed by atoms with Crippen LogP contribution >= 0.6 is 0 Å². The summed E-state index contributed by atoms with van der Waals surface area (Å²) in [5.74, 6) is 0. The Morgan fingerprint density at radius 2 is 1.90 bits per heavy atom. The van der Waals surface area contributed by atoms with Crippen LogP contribution in [0.1, 0.15) is 20.3 Å². The molecular weight excluding hydrogens is 130 g/mol. The van der Waals surface area contributed by atoms with Gasteiger partial charge in [0.2, 0.25) is 0 Å². The molecule has 0 unspecified atom stereocenters. The Labute approximate surface area is 62.0 Å². The van der Waals surface area contributed by atoms with Crippen molar-refractivity contribution in [1.82, 2.24) is 4.90 Å². The summed E-state index contributed by atoms with van der Waals surface area (Å²) in [6.07, 6.45) is 0.922. The van der Waals surface area contributed by atoms with Crippen LogP contribution in [0, 0.1) is 0 Å². The van der Waals surface area contributed by atoms with Crippen LogP contribution in [0.2, 0.25) is 0 Å². The molecule has 0 aromatic carbocycles. The van der Waals surface area contributed by atoms with E-state index in [0.717, 1.165) is 19.5 Å². The minimum absolute atomic E-state index is 0.198. The molecule has 1 rings (SSSR count). The molecule has 1 aliphatic heterocycles. The van der Waals surface area contributed by atoms with E-state index in [4.69, 9.17) is 0 Å². The first-order chi connectivity index (χ1) is 4.84. The lowest BCUT2D eigenvalue weighted by molar-refractivity contribution is 0.0991. The summed E-state index contributed by atoms with van der Waals surface area (Å²) in [6, 6.07) is 0. The van der Waals surface area contributed by atoms with Gasteiger partial charge in [-0.2, -0.15) is 0 Å². The van der Waals surface area contributed by atoms with Gasteiger partial charge < -0.3 is 9.64 Å². The van der Waals surface area contributed by atoms with Crippen molar-refractivity contribution in [3.8, 4) is 0 Å². The van der Waals surface area contributed by atoms with Crippen molar-refractivity contribution in [2.24, 2.45) is 0 Å². The van der Waals surface area contributed by atoms with E-state index in [0.29, 0.717) is 0 Å². The van der Waals surface area contributed by atoms with Gasteiger partial charge in [-0.1, -0.05) is 13.8 Å².